The van der Waals surface area contributed by atoms with E-state index in [0.29, 0.717) is 43.8 Å². The van der Waals surface area contributed by atoms with E-state index in [9.17, 15) is 4.39 Å². The summed E-state index contributed by atoms with van der Waals surface area (Å²) >= 11 is 12.3. The van der Waals surface area contributed by atoms with E-state index in [1.54, 1.807) is 18.5 Å². The van der Waals surface area contributed by atoms with Gasteiger partial charge in [0.15, 0.2) is 0 Å². The van der Waals surface area contributed by atoms with Crippen LogP contribution in [0.25, 0.3) is 0 Å². The number of hydrogen-bond acceptors (Lipinski definition) is 22. The Labute approximate surface area is 875 Å². The summed E-state index contributed by atoms with van der Waals surface area (Å²) in [5.74, 6) is -0.227. The van der Waals surface area contributed by atoms with Gasteiger partial charge in [-0.1, -0.05) is 106 Å². The third-order valence-corrected chi connectivity index (χ3v) is 24.8. The Morgan fingerprint density at radius 3 is 0.860 bits per heavy atom. The van der Waals surface area contributed by atoms with Crippen molar-refractivity contribution in [1.29, 1.82) is 0 Å². The third kappa shape index (κ3) is 40.8. The predicted octanol–water partition coefficient (Wildman–Crippen LogP) is 24.2. The molecule has 0 spiro atoms. The van der Waals surface area contributed by atoms with Crippen molar-refractivity contribution < 1.29 is 4.39 Å². The van der Waals surface area contributed by atoms with Crippen molar-refractivity contribution in [3.05, 3.63) is 445 Å². The lowest BCUT2D eigenvalue weighted by atomic mass is 10.1. The highest BCUT2D eigenvalue weighted by Crippen LogP contribution is 2.30. The Balaban J connectivity index is 0.000000160. The van der Waals surface area contributed by atoms with E-state index >= 15 is 0 Å². The quantitative estimate of drug-likeness (QED) is 0.0266. The number of para-hydroxylation sites is 1. The fraction of sp³-hybridized carbons (Fsp3) is 0.316. The molecule has 1 aliphatic heterocycles. The molecule has 0 amide bonds. The minimum atomic E-state index is -0.227. The van der Waals surface area contributed by atoms with Crippen LogP contribution in [-0.4, -0.2) is 167 Å². The Hall–Kier alpha value is -12.3. The van der Waals surface area contributed by atoms with Crippen LogP contribution in [0.1, 0.15) is 148 Å². The van der Waals surface area contributed by atoms with Crippen LogP contribution in [0.15, 0.2) is 352 Å². The molecule has 1 aliphatic rings. The summed E-state index contributed by atoms with van der Waals surface area (Å²) < 4.78 is 16.2. The van der Waals surface area contributed by atoms with Crippen molar-refractivity contribution in [2.24, 2.45) is 0 Å². The van der Waals surface area contributed by atoms with Crippen LogP contribution in [-0.2, 0) is 91.6 Å². The van der Waals surface area contributed by atoms with Crippen molar-refractivity contribution in [1.82, 2.24) is 84.1 Å². The van der Waals surface area contributed by atoms with Crippen LogP contribution in [0, 0.1) is 9.39 Å². The van der Waals surface area contributed by atoms with Crippen LogP contribution in [0.2, 0.25) is 5.02 Å². The Bertz CT molecular complexity index is 5240. The second-order valence-corrected chi connectivity index (χ2v) is 39.8. The van der Waals surface area contributed by atoms with E-state index in [1.807, 2.05) is 189 Å². The average molecular weight is 2120 g/mol. The number of halogens is 4. The molecule has 26 heteroatoms. The first kappa shape index (κ1) is 110. The van der Waals surface area contributed by atoms with E-state index < -0.39 is 0 Å². The summed E-state index contributed by atoms with van der Waals surface area (Å²) in [6.45, 7) is 40.6. The number of nitrogens with one attached hydrogen (secondary N) is 4. The molecule has 1 saturated heterocycles. The molecule has 0 saturated carbocycles. The maximum Gasteiger partial charge on any atom is 0.123 e. The van der Waals surface area contributed by atoms with Crippen LogP contribution in [0.4, 0.5) is 32.8 Å². The molecule has 143 heavy (non-hydrogen) atoms. The SMILES string of the molecule is CC(C)N1CCN(Cc2ccccn2)CCN(c2ccccc2)CCN(Cc2ccccn2)CC1.CC(C)Nc1ccc(Br)cc1CN(Cc1ccccn1)Cc1ccccn1.CC(C)Nc1ccc(Cl)cc1CN(Cc1ccccn1)Cc1ccccn1.CC(C)Nc1ccc(F)cc1CN(Cc1ccccn1)Cc1ccccn1.CC(C)Nc1ccc(I)cc1CN(Cc1ccccn1)Cc1ccccn1. The summed E-state index contributed by atoms with van der Waals surface area (Å²) in [7, 11) is 0. The van der Waals surface area contributed by atoms with Gasteiger partial charge in [-0.15, -0.1) is 0 Å². The molecule has 0 radical (unpaired) electrons. The van der Waals surface area contributed by atoms with Crippen LogP contribution in [0.3, 0.4) is 0 Å². The van der Waals surface area contributed by atoms with Crippen molar-refractivity contribution in [3.63, 3.8) is 0 Å². The fourth-order valence-electron chi connectivity index (χ4n) is 16.7. The highest BCUT2D eigenvalue weighted by Gasteiger charge is 2.23. The number of hydrogen-bond donors (Lipinski definition) is 4. The molecule has 11 heterocycles. The summed E-state index contributed by atoms with van der Waals surface area (Å²) in [6.07, 6.45) is 18.5. The molecule has 0 atom stereocenters. The molecule has 1 fully saturated rings. The molecule has 15 aromatic rings. The maximum absolute atomic E-state index is 13.9. The Kier molecular flexibility index (Phi) is 46.2. The molecule has 22 nitrogen and oxygen atoms in total. The van der Waals surface area contributed by atoms with Gasteiger partial charge in [0.2, 0.25) is 0 Å². The number of benzene rings is 5. The molecule has 0 unspecified atom stereocenters. The number of nitrogens with zero attached hydrogens (tertiary/aromatic N) is 18. The first-order chi connectivity index (χ1) is 69.6. The molecular formula is C117H140BrClFIN22. The van der Waals surface area contributed by atoms with E-state index in [2.05, 4.69) is 352 Å². The van der Waals surface area contributed by atoms with Gasteiger partial charge in [-0.2, -0.15) is 0 Å². The molecule has 0 bridgehead atoms. The molecule has 5 aromatic carbocycles. The number of rotatable bonds is 38. The van der Waals surface area contributed by atoms with Crippen LogP contribution in [0.5, 0.6) is 0 Å². The van der Waals surface area contributed by atoms with Gasteiger partial charge in [-0.25, -0.2) is 4.39 Å². The molecule has 10 aromatic heterocycles. The largest absolute Gasteiger partial charge is 0.383 e. The Morgan fingerprint density at radius 2 is 0.559 bits per heavy atom. The number of pyridine rings is 10. The summed E-state index contributed by atoms with van der Waals surface area (Å²) in [5.41, 5.74) is 20.9. The van der Waals surface area contributed by atoms with E-state index in [-0.39, 0.29) is 11.9 Å². The zero-order valence-corrected chi connectivity index (χ0v) is 88.9. The lowest BCUT2D eigenvalue weighted by Gasteiger charge is -2.36. The topological polar surface area (TPSA) is 203 Å². The summed E-state index contributed by atoms with van der Waals surface area (Å²) in [5, 5.41) is 14.8. The number of anilines is 5. The predicted molar refractivity (Wildman–Crippen MR) is 596 cm³/mol. The normalized spacial score (nSPS) is 12.8. The fourth-order valence-corrected chi connectivity index (χ4v) is 17.8. The molecule has 4 N–H and O–H groups in total. The lowest BCUT2D eigenvalue weighted by Crippen LogP contribution is -2.47. The molecule has 746 valence electrons. The molecule has 0 aliphatic carbocycles. The van der Waals surface area contributed by atoms with Gasteiger partial charge in [0.25, 0.3) is 0 Å². The maximum atomic E-state index is 13.9. The van der Waals surface area contributed by atoms with Gasteiger partial charge in [0, 0.05) is 278 Å². The van der Waals surface area contributed by atoms with Crippen molar-refractivity contribution in [2.75, 3.05) is 78.5 Å². The van der Waals surface area contributed by atoms with Crippen molar-refractivity contribution >= 4 is 78.6 Å². The summed E-state index contributed by atoms with van der Waals surface area (Å²) in [4.78, 5) is 64.7. The van der Waals surface area contributed by atoms with Crippen LogP contribution < -0.4 is 26.2 Å². The monoisotopic (exact) mass is 2110 g/mol. The van der Waals surface area contributed by atoms with Gasteiger partial charge in [0.05, 0.1) is 56.9 Å². The van der Waals surface area contributed by atoms with E-state index in [1.165, 1.54) is 43.4 Å². The van der Waals surface area contributed by atoms with Gasteiger partial charge in [-0.3, -0.25) is 84.1 Å². The Morgan fingerprint density at radius 1 is 0.294 bits per heavy atom. The van der Waals surface area contributed by atoms with E-state index in [4.69, 9.17) is 11.6 Å². The highest BCUT2D eigenvalue weighted by atomic mass is 127. The van der Waals surface area contributed by atoms with E-state index in [0.717, 1.165) is 208 Å². The molecular weight excluding hydrogens is 1970 g/mol. The smallest absolute Gasteiger partial charge is 0.123 e. The van der Waals surface area contributed by atoms with Gasteiger partial charge in [-0.05, 0) is 320 Å². The average Bonchev–Trinajstić information content (AvgIpc) is 0.850. The summed E-state index contributed by atoms with van der Waals surface area (Å²) in [6, 6.07) is 97.2. The van der Waals surface area contributed by atoms with Crippen molar-refractivity contribution in [3.8, 4) is 0 Å². The molecule has 16 rings (SSSR count). The van der Waals surface area contributed by atoms with Gasteiger partial charge >= 0.3 is 0 Å². The van der Waals surface area contributed by atoms with Gasteiger partial charge < -0.3 is 26.2 Å². The minimum Gasteiger partial charge on any atom is -0.383 e. The van der Waals surface area contributed by atoms with Crippen LogP contribution >= 0.6 is 50.1 Å². The zero-order valence-electron chi connectivity index (χ0n) is 84.4. The van der Waals surface area contributed by atoms with Crippen molar-refractivity contribution in [2.45, 2.75) is 191 Å². The standard InChI is InChI=1S/C29H40N6.C22H25BrN4.C22H25ClN4.C22H25FN4.C22H25IN4/c1-26(2)34-20-16-32(24-27-10-6-8-14-30-27)18-22-35(29-12-4-3-5-13-29)23-19-33(17-21-34)25-28-11-7-9-15-31-28;4*1-17(2)26-22-10-9-19(23)13-18(22)14-27(15-20-7-3-5-11-24-20)16-21-8-4-6-12-25-21/h3-15,26H,16-25H2,1-2H3;4*3-13,17,26H,14-16H2,1-2H3. The second-order valence-electron chi connectivity index (χ2n) is 37.2. The highest BCUT2D eigenvalue weighted by molar-refractivity contribution is 14.1. The first-order valence-electron chi connectivity index (χ1n) is 49.6. The second kappa shape index (κ2) is 60.4. The minimum absolute atomic E-state index is 0.227. The third-order valence-electron chi connectivity index (χ3n) is 23.4. The number of aromatic nitrogens is 10. The van der Waals surface area contributed by atoms with Gasteiger partial charge in [0.1, 0.15) is 5.82 Å². The lowest BCUT2D eigenvalue weighted by molar-refractivity contribution is 0.142. The zero-order chi connectivity index (χ0) is 101. The first-order valence-corrected chi connectivity index (χ1v) is 51.9.